The largest absolute Gasteiger partial charge is 0.508 e. The number of phenolic OH excluding ortho intramolecular Hbond substituents is 1. The number of rotatable bonds is 1. The zero-order chi connectivity index (χ0) is 9.31. The molecule has 66 valence electrons. The van der Waals surface area contributed by atoms with E-state index in [0.717, 1.165) is 24.8 Å². The Hall–Kier alpha value is -1.49. The van der Waals surface area contributed by atoms with E-state index < -0.39 is 5.41 Å². The molecule has 1 aromatic carbocycles. The number of hydrogen-bond donors (Lipinski definition) is 1. The monoisotopic (exact) mass is 173 g/mol. The third-order valence-corrected chi connectivity index (χ3v) is 2.84. The lowest BCUT2D eigenvalue weighted by Gasteiger charge is -2.35. The quantitative estimate of drug-likeness (QED) is 0.708. The van der Waals surface area contributed by atoms with Crippen LogP contribution in [0, 0.1) is 11.3 Å². The molecule has 0 unspecified atom stereocenters. The number of aromatic hydroxyl groups is 1. The van der Waals surface area contributed by atoms with Gasteiger partial charge in [0.1, 0.15) is 5.75 Å². The predicted octanol–water partition coefficient (Wildman–Crippen LogP) is 2.34. The molecular weight excluding hydrogens is 162 g/mol. The van der Waals surface area contributed by atoms with E-state index >= 15 is 0 Å². The highest BCUT2D eigenvalue weighted by atomic mass is 16.3. The molecule has 0 aliphatic heterocycles. The predicted molar refractivity (Wildman–Crippen MR) is 49.2 cm³/mol. The fourth-order valence-corrected chi connectivity index (χ4v) is 1.85. The van der Waals surface area contributed by atoms with Gasteiger partial charge >= 0.3 is 0 Å². The van der Waals surface area contributed by atoms with Crippen molar-refractivity contribution in [2.45, 2.75) is 24.7 Å². The van der Waals surface area contributed by atoms with Crippen molar-refractivity contribution in [3.8, 4) is 11.8 Å². The van der Waals surface area contributed by atoms with Crippen LogP contribution in [0.25, 0.3) is 0 Å². The van der Waals surface area contributed by atoms with Crippen molar-refractivity contribution < 1.29 is 5.11 Å². The highest BCUT2D eigenvalue weighted by Crippen LogP contribution is 2.46. The van der Waals surface area contributed by atoms with Crippen molar-refractivity contribution in [3.05, 3.63) is 29.8 Å². The molecule has 0 heterocycles. The molecule has 1 fully saturated rings. The SMILES string of the molecule is N#CC1(c2ccccc2O)CCC1. The van der Waals surface area contributed by atoms with Crippen molar-refractivity contribution >= 4 is 0 Å². The normalized spacial score (nSPS) is 18.7. The molecule has 0 radical (unpaired) electrons. The molecule has 1 N–H and O–H groups in total. The smallest absolute Gasteiger partial charge is 0.120 e. The number of para-hydroxylation sites is 1. The lowest BCUT2D eigenvalue weighted by Crippen LogP contribution is -2.32. The van der Waals surface area contributed by atoms with Crippen LogP contribution in [0.3, 0.4) is 0 Å². The standard InChI is InChI=1S/C11H11NO/c12-8-11(6-3-7-11)9-4-1-2-5-10(9)13/h1-2,4-5,13H,3,6-7H2. The lowest BCUT2D eigenvalue weighted by molar-refractivity contribution is 0.311. The van der Waals surface area contributed by atoms with Gasteiger partial charge in [0.05, 0.1) is 11.5 Å². The first kappa shape index (κ1) is 8.12. The van der Waals surface area contributed by atoms with E-state index in [1.807, 2.05) is 12.1 Å². The van der Waals surface area contributed by atoms with E-state index in [2.05, 4.69) is 6.07 Å². The van der Waals surface area contributed by atoms with E-state index in [1.54, 1.807) is 12.1 Å². The molecule has 1 saturated carbocycles. The maximum absolute atomic E-state index is 9.59. The minimum absolute atomic E-state index is 0.253. The van der Waals surface area contributed by atoms with Gasteiger partial charge in [-0.2, -0.15) is 5.26 Å². The van der Waals surface area contributed by atoms with Crippen LogP contribution in [0.2, 0.25) is 0 Å². The minimum atomic E-state index is -0.397. The molecular formula is C11H11NO. The van der Waals surface area contributed by atoms with Gasteiger partial charge < -0.3 is 5.11 Å². The molecule has 1 aromatic rings. The second kappa shape index (κ2) is 2.77. The molecule has 1 aliphatic carbocycles. The fourth-order valence-electron chi connectivity index (χ4n) is 1.85. The van der Waals surface area contributed by atoms with Crippen LogP contribution in [-0.4, -0.2) is 5.11 Å². The molecule has 0 saturated heterocycles. The summed E-state index contributed by atoms with van der Waals surface area (Å²) < 4.78 is 0. The van der Waals surface area contributed by atoms with Crippen LogP contribution in [0.4, 0.5) is 0 Å². The Morgan fingerprint density at radius 3 is 2.46 bits per heavy atom. The van der Waals surface area contributed by atoms with Gasteiger partial charge in [-0.15, -0.1) is 0 Å². The Morgan fingerprint density at radius 1 is 1.31 bits per heavy atom. The zero-order valence-electron chi connectivity index (χ0n) is 7.33. The molecule has 0 atom stereocenters. The fraction of sp³-hybridized carbons (Fsp3) is 0.364. The minimum Gasteiger partial charge on any atom is -0.508 e. The molecule has 0 bridgehead atoms. The van der Waals surface area contributed by atoms with Crippen LogP contribution in [0.15, 0.2) is 24.3 Å². The highest BCUT2D eigenvalue weighted by Gasteiger charge is 2.40. The van der Waals surface area contributed by atoms with Crippen LogP contribution in [0.1, 0.15) is 24.8 Å². The summed E-state index contributed by atoms with van der Waals surface area (Å²) in [5.74, 6) is 0.253. The first-order valence-electron chi connectivity index (χ1n) is 4.48. The summed E-state index contributed by atoms with van der Waals surface area (Å²) in [6.45, 7) is 0. The van der Waals surface area contributed by atoms with E-state index in [4.69, 9.17) is 5.26 Å². The van der Waals surface area contributed by atoms with Gasteiger partial charge in [-0.05, 0) is 25.3 Å². The highest BCUT2D eigenvalue weighted by molar-refractivity contribution is 5.44. The van der Waals surface area contributed by atoms with Crippen molar-refractivity contribution in [1.82, 2.24) is 0 Å². The van der Waals surface area contributed by atoms with Crippen LogP contribution in [-0.2, 0) is 5.41 Å². The summed E-state index contributed by atoms with van der Waals surface area (Å²) in [6.07, 6.45) is 2.84. The molecule has 2 rings (SSSR count). The van der Waals surface area contributed by atoms with E-state index in [1.165, 1.54) is 0 Å². The van der Waals surface area contributed by atoms with Crippen molar-refractivity contribution in [2.75, 3.05) is 0 Å². The maximum Gasteiger partial charge on any atom is 0.120 e. The van der Waals surface area contributed by atoms with Crippen LogP contribution < -0.4 is 0 Å². The summed E-state index contributed by atoms with van der Waals surface area (Å²) >= 11 is 0. The van der Waals surface area contributed by atoms with Crippen LogP contribution >= 0.6 is 0 Å². The Balaban J connectivity index is 2.46. The Morgan fingerprint density at radius 2 is 2.00 bits per heavy atom. The maximum atomic E-state index is 9.59. The molecule has 13 heavy (non-hydrogen) atoms. The average Bonchev–Trinajstić information content (AvgIpc) is 2.07. The Labute approximate surface area is 77.4 Å². The third kappa shape index (κ3) is 1.08. The topological polar surface area (TPSA) is 44.0 Å². The van der Waals surface area contributed by atoms with Crippen molar-refractivity contribution in [3.63, 3.8) is 0 Å². The van der Waals surface area contributed by atoms with E-state index in [0.29, 0.717) is 0 Å². The van der Waals surface area contributed by atoms with Gasteiger partial charge in [-0.1, -0.05) is 18.2 Å². The van der Waals surface area contributed by atoms with Gasteiger partial charge in [0, 0.05) is 5.56 Å². The summed E-state index contributed by atoms with van der Waals surface area (Å²) in [5, 5.41) is 18.6. The second-order valence-corrected chi connectivity index (χ2v) is 3.56. The zero-order valence-corrected chi connectivity index (χ0v) is 7.33. The summed E-state index contributed by atoms with van der Waals surface area (Å²) in [7, 11) is 0. The first-order valence-corrected chi connectivity index (χ1v) is 4.48. The molecule has 2 heteroatoms. The van der Waals surface area contributed by atoms with Gasteiger partial charge in [-0.3, -0.25) is 0 Å². The third-order valence-electron chi connectivity index (χ3n) is 2.84. The van der Waals surface area contributed by atoms with E-state index in [9.17, 15) is 5.11 Å². The first-order chi connectivity index (χ1) is 6.28. The van der Waals surface area contributed by atoms with Gasteiger partial charge in [0.15, 0.2) is 0 Å². The molecule has 2 nitrogen and oxygen atoms in total. The average molecular weight is 173 g/mol. The summed E-state index contributed by atoms with van der Waals surface area (Å²) in [6, 6.07) is 9.45. The van der Waals surface area contributed by atoms with Gasteiger partial charge in [0.2, 0.25) is 0 Å². The summed E-state index contributed by atoms with van der Waals surface area (Å²) in [4.78, 5) is 0. The molecule has 1 aliphatic rings. The number of nitrogens with zero attached hydrogens (tertiary/aromatic N) is 1. The number of benzene rings is 1. The second-order valence-electron chi connectivity index (χ2n) is 3.56. The number of nitriles is 1. The molecule has 0 spiro atoms. The Bertz CT molecular complexity index is 361. The number of hydrogen-bond acceptors (Lipinski definition) is 2. The van der Waals surface area contributed by atoms with E-state index in [-0.39, 0.29) is 5.75 Å². The van der Waals surface area contributed by atoms with Gasteiger partial charge in [0.25, 0.3) is 0 Å². The van der Waals surface area contributed by atoms with Crippen molar-refractivity contribution in [1.29, 1.82) is 5.26 Å². The van der Waals surface area contributed by atoms with Gasteiger partial charge in [-0.25, -0.2) is 0 Å². The molecule has 0 amide bonds. The lowest BCUT2D eigenvalue weighted by atomic mass is 9.65. The van der Waals surface area contributed by atoms with Crippen molar-refractivity contribution in [2.24, 2.45) is 0 Å². The Kier molecular flexibility index (Phi) is 1.73. The van der Waals surface area contributed by atoms with Crippen LogP contribution in [0.5, 0.6) is 5.75 Å². The molecule has 0 aromatic heterocycles. The summed E-state index contributed by atoms with van der Waals surface area (Å²) in [5.41, 5.74) is 0.398. The number of phenols is 1.